The summed E-state index contributed by atoms with van der Waals surface area (Å²) in [6, 6.07) is 5.57. The molecule has 0 aromatic heterocycles. The second-order valence-electron chi connectivity index (χ2n) is 6.69. The van der Waals surface area contributed by atoms with Gasteiger partial charge in [-0.25, -0.2) is 0 Å². The van der Waals surface area contributed by atoms with Gasteiger partial charge in [0.2, 0.25) is 5.91 Å². The Balaban J connectivity index is 2.54. The number of hydrogen-bond donors (Lipinski definition) is 2. The summed E-state index contributed by atoms with van der Waals surface area (Å²) in [5.74, 6) is 0.482. The van der Waals surface area contributed by atoms with Gasteiger partial charge in [0.1, 0.15) is 0 Å². The average Bonchev–Trinajstić information content (AvgIpc) is 2.37. The number of amides is 1. The minimum absolute atomic E-state index is 0.0289. The van der Waals surface area contributed by atoms with E-state index >= 15 is 0 Å². The fourth-order valence-electron chi connectivity index (χ4n) is 2.41. The van der Waals surface area contributed by atoms with Crippen molar-refractivity contribution >= 4 is 23.2 Å². The van der Waals surface area contributed by atoms with E-state index in [-0.39, 0.29) is 11.3 Å². The van der Waals surface area contributed by atoms with E-state index in [1.165, 1.54) is 0 Å². The molecular formula is C17H27ClN2O. The number of nitrogens with one attached hydrogen (secondary N) is 1. The van der Waals surface area contributed by atoms with E-state index < -0.39 is 0 Å². The lowest BCUT2D eigenvalue weighted by atomic mass is 9.76. The molecule has 0 saturated heterocycles. The van der Waals surface area contributed by atoms with Crippen LogP contribution >= 0.6 is 11.6 Å². The fourth-order valence-corrected chi connectivity index (χ4v) is 2.59. The van der Waals surface area contributed by atoms with Gasteiger partial charge in [0.25, 0.3) is 0 Å². The Morgan fingerprint density at radius 2 is 2.00 bits per heavy atom. The van der Waals surface area contributed by atoms with Crippen molar-refractivity contribution in [1.29, 1.82) is 0 Å². The highest BCUT2D eigenvalue weighted by molar-refractivity contribution is 6.31. The first-order chi connectivity index (χ1) is 9.74. The molecule has 1 aromatic carbocycles. The molecule has 0 fully saturated rings. The molecule has 0 spiro atoms. The van der Waals surface area contributed by atoms with Gasteiger partial charge in [0.05, 0.1) is 0 Å². The zero-order chi connectivity index (χ0) is 16.0. The first-order valence-corrected chi connectivity index (χ1v) is 7.88. The van der Waals surface area contributed by atoms with Crippen LogP contribution in [0.3, 0.4) is 0 Å². The Labute approximate surface area is 133 Å². The minimum Gasteiger partial charge on any atom is -0.330 e. The molecule has 0 bridgehead atoms. The van der Waals surface area contributed by atoms with Crippen LogP contribution in [-0.4, -0.2) is 12.5 Å². The molecule has 0 radical (unpaired) electrons. The summed E-state index contributed by atoms with van der Waals surface area (Å²) in [6.45, 7) is 9.20. The summed E-state index contributed by atoms with van der Waals surface area (Å²) in [5, 5.41) is 3.57. The van der Waals surface area contributed by atoms with Crippen LogP contribution in [0.1, 0.15) is 45.6 Å². The third-order valence-electron chi connectivity index (χ3n) is 3.92. The van der Waals surface area contributed by atoms with E-state index in [9.17, 15) is 4.79 Å². The monoisotopic (exact) mass is 310 g/mol. The molecular weight excluding hydrogens is 284 g/mol. The van der Waals surface area contributed by atoms with Crippen LogP contribution in [0.4, 0.5) is 5.69 Å². The number of anilines is 1. The van der Waals surface area contributed by atoms with Gasteiger partial charge in [-0.15, -0.1) is 0 Å². The SMILES string of the molecule is Cc1ccc(NC(=O)CCC(CCN)C(C)(C)C)cc1Cl. The number of carbonyl (C=O) groups is 1. The second kappa shape index (κ2) is 7.81. The quantitative estimate of drug-likeness (QED) is 0.819. The Hall–Kier alpha value is -1.06. The number of aryl methyl sites for hydroxylation is 1. The van der Waals surface area contributed by atoms with Crippen molar-refractivity contribution in [3.8, 4) is 0 Å². The number of benzene rings is 1. The Morgan fingerprint density at radius 3 is 2.52 bits per heavy atom. The van der Waals surface area contributed by atoms with E-state index in [1.807, 2.05) is 19.1 Å². The summed E-state index contributed by atoms with van der Waals surface area (Å²) in [5.41, 5.74) is 7.60. The standard InChI is InChI=1S/C17H27ClN2O/c1-12-5-7-14(11-15(12)18)20-16(21)8-6-13(9-10-19)17(2,3)4/h5,7,11,13H,6,8-10,19H2,1-4H3,(H,20,21). The van der Waals surface area contributed by atoms with Crippen LogP contribution in [0.15, 0.2) is 18.2 Å². The van der Waals surface area contributed by atoms with Crippen LogP contribution in [0, 0.1) is 18.3 Å². The molecule has 1 rings (SSSR count). The second-order valence-corrected chi connectivity index (χ2v) is 7.10. The lowest BCUT2D eigenvalue weighted by molar-refractivity contribution is -0.116. The van der Waals surface area contributed by atoms with Gasteiger partial charge in [-0.3, -0.25) is 4.79 Å². The van der Waals surface area contributed by atoms with E-state index in [4.69, 9.17) is 17.3 Å². The van der Waals surface area contributed by atoms with E-state index in [0.29, 0.717) is 23.9 Å². The zero-order valence-electron chi connectivity index (χ0n) is 13.5. The minimum atomic E-state index is 0.0289. The smallest absolute Gasteiger partial charge is 0.224 e. The van der Waals surface area contributed by atoms with Gasteiger partial charge >= 0.3 is 0 Å². The van der Waals surface area contributed by atoms with Crippen molar-refractivity contribution < 1.29 is 4.79 Å². The number of halogens is 1. The lowest BCUT2D eigenvalue weighted by Gasteiger charge is -2.30. The van der Waals surface area contributed by atoms with E-state index in [0.717, 1.165) is 24.1 Å². The normalized spacial score (nSPS) is 13.0. The van der Waals surface area contributed by atoms with Gasteiger partial charge in [-0.05, 0) is 55.3 Å². The first kappa shape index (κ1) is 18.0. The van der Waals surface area contributed by atoms with Crippen molar-refractivity contribution in [3.63, 3.8) is 0 Å². The van der Waals surface area contributed by atoms with Crippen molar-refractivity contribution in [2.24, 2.45) is 17.1 Å². The highest BCUT2D eigenvalue weighted by Crippen LogP contribution is 2.32. The highest BCUT2D eigenvalue weighted by Gasteiger charge is 2.24. The molecule has 0 aliphatic heterocycles. The molecule has 3 nitrogen and oxygen atoms in total. The first-order valence-electron chi connectivity index (χ1n) is 7.50. The Bertz CT molecular complexity index is 480. The Morgan fingerprint density at radius 1 is 1.33 bits per heavy atom. The van der Waals surface area contributed by atoms with Gasteiger partial charge in [-0.1, -0.05) is 38.4 Å². The molecule has 1 aromatic rings. The van der Waals surface area contributed by atoms with Crippen molar-refractivity contribution in [2.45, 2.75) is 47.0 Å². The molecule has 0 saturated carbocycles. The number of nitrogens with two attached hydrogens (primary N) is 1. The number of rotatable bonds is 6. The van der Waals surface area contributed by atoms with Crippen molar-refractivity contribution in [2.75, 3.05) is 11.9 Å². The lowest BCUT2D eigenvalue weighted by Crippen LogP contribution is -2.25. The fraction of sp³-hybridized carbons (Fsp3) is 0.588. The summed E-state index contributed by atoms with van der Waals surface area (Å²) in [6.07, 6.45) is 2.31. The maximum Gasteiger partial charge on any atom is 0.224 e. The highest BCUT2D eigenvalue weighted by atomic mass is 35.5. The summed E-state index contributed by atoms with van der Waals surface area (Å²) < 4.78 is 0. The summed E-state index contributed by atoms with van der Waals surface area (Å²) >= 11 is 6.06. The molecule has 1 amide bonds. The zero-order valence-corrected chi connectivity index (χ0v) is 14.3. The van der Waals surface area contributed by atoms with E-state index in [1.54, 1.807) is 6.07 Å². The molecule has 21 heavy (non-hydrogen) atoms. The molecule has 118 valence electrons. The van der Waals surface area contributed by atoms with Crippen LogP contribution in [0.5, 0.6) is 0 Å². The van der Waals surface area contributed by atoms with Crippen LogP contribution < -0.4 is 11.1 Å². The van der Waals surface area contributed by atoms with Gasteiger partial charge in [-0.2, -0.15) is 0 Å². The van der Waals surface area contributed by atoms with Crippen LogP contribution in [0.25, 0.3) is 0 Å². The van der Waals surface area contributed by atoms with E-state index in [2.05, 4.69) is 26.1 Å². The van der Waals surface area contributed by atoms with Crippen LogP contribution in [-0.2, 0) is 4.79 Å². The maximum absolute atomic E-state index is 12.1. The molecule has 0 heterocycles. The van der Waals surface area contributed by atoms with Gasteiger partial charge < -0.3 is 11.1 Å². The predicted molar refractivity (Wildman–Crippen MR) is 90.7 cm³/mol. The average molecular weight is 311 g/mol. The number of hydrogen-bond acceptors (Lipinski definition) is 2. The largest absolute Gasteiger partial charge is 0.330 e. The van der Waals surface area contributed by atoms with Gasteiger partial charge in [0.15, 0.2) is 0 Å². The molecule has 4 heteroatoms. The predicted octanol–water partition coefficient (Wildman–Crippen LogP) is 4.38. The third kappa shape index (κ3) is 6.06. The third-order valence-corrected chi connectivity index (χ3v) is 4.32. The molecule has 1 atom stereocenters. The van der Waals surface area contributed by atoms with Crippen LogP contribution in [0.2, 0.25) is 5.02 Å². The molecule has 0 aliphatic rings. The Kier molecular flexibility index (Phi) is 6.69. The van der Waals surface area contributed by atoms with Crippen molar-refractivity contribution in [3.05, 3.63) is 28.8 Å². The molecule has 0 aliphatic carbocycles. The summed E-state index contributed by atoms with van der Waals surface area (Å²) in [4.78, 5) is 12.1. The topological polar surface area (TPSA) is 55.1 Å². The summed E-state index contributed by atoms with van der Waals surface area (Å²) in [7, 11) is 0. The maximum atomic E-state index is 12.1. The van der Waals surface area contributed by atoms with Gasteiger partial charge in [0, 0.05) is 17.1 Å². The molecule has 1 unspecified atom stereocenters. The number of carbonyl (C=O) groups excluding carboxylic acids is 1. The van der Waals surface area contributed by atoms with Crippen molar-refractivity contribution in [1.82, 2.24) is 0 Å². The molecule has 3 N–H and O–H groups in total.